The third-order valence-corrected chi connectivity index (χ3v) is 4.06. The smallest absolute Gasteiger partial charge is 0.308 e. The number of carbonyl (C=O) groups excluding carboxylic acids is 1. The molecule has 0 saturated carbocycles. The quantitative estimate of drug-likeness (QED) is 0.621. The summed E-state index contributed by atoms with van der Waals surface area (Å²) in [5, 5.41) is 15.5. The van der Waals surface area contributed by atoms with E-state index in [0.717, 1.165) is 5.56 Å². The van der Waals surface area contributed by atoms with E-state index in [0.29, 0.717) is 32.7 Å². The van der Waals surface area contributed by atoms with Crippen LogP contribution in [0.5, 0.6) is 0 Å². The highest BCUT2D eigenvalue weighted by molar-refractivity contribution is 6.32. The number of hydrogen-bond acceptors (Lipinski definition) is 3. The van der Waals surface area contributed by atoms with Gasteiger partial charge in [-0.2, -0.15) is 5.26 Å². The summed E-state index contributed by atoms with van der Waals surface area (Å²) in [5.74, 6) is 0. The van der Waals surface area contributed by atoms with Crippen molar-refractivity contribution in [1.29, 1.82) is 5.26 Å². The van der Waals surface area contributed by atoms with Crippen molar-refractivity contribution in [3.05, 3.63) is 76.4 Å². The maximum absolute atomic E-state index is 12.1. The molecule has 2 amide bonds. The van der Waals surface area contributed by atoms with Gasteiger partial charge in [0.05, 0.1) is 16.3 Å². The predicted molar refractivity (Wildman–Crippen MR) is 103 cm³/mol. The largest absolute Gasteiger partial charge is 0.323 e. The molecule has 7 heteroatoms. The number of benzene rings is 2. The second kappa shape index (κ2) is 7.87. The lowest BCUT2D eigenvalue weighted by atomic mass is 10.1. The summed E-state index contributed by atoms with van der Waals surface area (Å²) >= 11 is 11.9. The van der Waals surface area contributed by atoms with Gasteiger partial charge in [-0.15, -0.1) is 0 Å². The van der Waals surface area contributed by atoms with Gasteiger partial charge in [0.25, 0.3) is 0 Å². The van der Waals surface area contributed by atoms with Crippen LogP contribution < -0.4 is 10.6 Å². The SMILES string of the molecule is N#Cc1c(Cl)ccnc1-c1ccc(NC(=O)Nc2cccc(Cl)c2)cc1. The van der Waals surface area contributed by atoms with E-state index < -0.39 is 6.03 Å². The van der Waals surface area contributed by atoms with E-state index in [2.05, 4.69) is 21.7 Å². The third kappa shape index (κ3) is 4.12. The van der Waals surface area contributed by atoms with E-state index in [1.165, 1.54) is 0 Å². The maximum atomic E-state index is 12.1. The first kappa shape index (κ1) is 17.7. The van der Waals surface area contributed by atoms with Crippen molar-refractivity contribution in [3.8, 4) is 17.3 Å². The van der Waals surface area contributed by atoms with Crippen LogP contribution >= 0.6 is 23.2 Å². The zero-order chi connectivity index (χ0) is 18.5. The Morgan fingerprint density at radius 1 is 1.00 bits per heavy atom. The average molecular weight is 383 g/mol. The zero-order valence-corrected chi connectivity index (χ0v) is 14.8. The Balaban J connectivity index is 1.73. The molecule has 0 radical (unpaired) electrons. The lowest BCUT2D eigenvalue weighted by Crippen LogP contribution is -2.19. The van der Waals surface area contributed by atoms with Gasteiger partial charge in [0.2, 0.25) is 0 Å². The molecule has 0 aliphatic carbocycles. The highest BCUT2D eigenvalue weighted by Gasteiger charge is 2.10. The predicted octanol–water partition coefficient (Wildman–Crippen LogP) is 5.57. The summed E-state index contributed by atoms with van der Waals surface area (Å²) in [5.41, 5.74) is 2.72. The fourth-order valence-corrected chi connectivity index (χ4v) is 2.71. The second-order valence-corrected chi connectivity index (χ2v) is 6.14. The van der Waals surface area contributed by atoms with Gasteiger partial charge >= 0.3 is 6.03 Å². The third-order valence-electron chi connectivity index (χ3n) is 3.51. The Morgan fingerprint density at radius 2 is 1.73 bits per heavy atom. The number of rotatable bonds is 3. The van der Waals surface area contributed by atoms with Crippen molar-refractivity contribution in [2.45, 2.75) is 0 Å². The molecular formula is C19H12Cl2N4O. The van der Waals surface area contributed by atoms with Crippen molar-refractivity contribution in [1.82, 2.24) is 4.98 Å². The lowest BCUT2D eigenvalue weighted by molar-refractivity contribution is 0.262. The summed E-state index contributed by atoms with van der Waals surface area (Å²) < 4.78 is 0. The number of halogens is 2. The number of pyridine rings is 1. The number of aromatic nitrogens is 1. The molecule has 0 fully saturated rings. The van der Waals surface area contributed by atoms with Crippen LogP contribution in [0.4, 0.5) is 16.2 Å². The fraction of sp³-hybridized carbons (Fsp3) is 0. The Kier molecular flexibility index (Phi) is 5.37. The molecule has 0 saturated heterocycles. The normalized spacial score (nSPS) is 10.0. The first-order valence-electron chi connectivity index (χ1n) is 7.55. The molecule has 128 valence electrons. The molecule has 26 heavy (non-hydrogen) atoms. The Hall–Kier alpha value is -3.07. The zero-order valence-electron chi connectivity index (χ0n) is 13.3. The molecule has 2 aromatic carbocycles. The van der Waals surface area contributed by atoms with Gasteiger partial charge in [-0.25, -0.2) is 4.79 Å². The Bertz CT molecular complexity index is 997. The van der Waals surface area contributed by atoms with E-state index in [9.17, 15) is 10.1 Å². The van der Waals surface area contributed by atoms with Gasteiger partial charge in [0.1, 0.15) is 6.07 Å². The van der Waals surface area contributed by atoms with E-state index in [-0.39, 0.29) is 0 Å². The van der Waals surface area contributed by atoms with Crippen LogP contribution in [0.3, 0.4) is 0 Å². The van der Waals surface area contributed by atoms with Crippen LogP contribution in [0.15, 0.2) is 60.8 Å². The molecule has 1 heterocycles. The number of nitrogens with one attached hydrogen (secondary N) is 2. The van der Waals surface area contributed by atoms with Crippen LogP contribution in [0.25, 0.3) is 11.3 Å². The van der Waals surface area contributed by atoms with Crippen LogP contribution in [0.1, 0.15) is 5.56 Å². The highest BCUT2D eigenvalue weighted by atomic mass is 35.5. The van der Waals surface area contributed by atoms with Crippen molar-refractivity contribution in [3.63, 3.8) is 0 Å². The molecule has 0 bridgehead atoms. The molecule has 2 N–H and O–H groups in total. The molecule has 0 aliphatic rings. The summed E-state index contributed by atoms with van der Waals surface area (Å²) in [6.07, 6.45) is 1.54. The second-order valence-electron chi connectivity index (χ2n) is 5.30. The average Bonchev–Trinajstić information content (AvgIpc) is 2.62. The van der Waals surface area contributed by atoms with Crippen LogP contribution in [-0.2, 0) is 0 Å². The molecular weight excluding hydrogens is 371 g/mol. The highest BCUT2D eigenvalue weighted by Crippen LogP contribution is 2.27. The van der Waals surface area contributed by atoms with Crippen molar-refractivity contribution >= 4 is 40.6 Å². The minimum atomic E-state index is -0.390. The van der Waals surface area contributed by atoms with Crippen molar-refractivity contribution in [2.24, 2.45) is 0 Å². The number of hydrogen-bond donors (Lipinski definition) is 2. The van der Waals surface area contributed by atoms with E-state index in [1.54, 1.807) is 60.8 Å². The number of amides is 2. The van der Waals surface area contributed by atoms with Crippen molar-refractivity contribution < 1.29 is 4.79 Å². The minimum Gasteiger partial charge on any atom is -0.308 e. The molecule has 1 aromatic heterocycles. The van der Waals surface area contributed by atoms with Gasteiger partial charge in [0.15, 0.2) is 0 Å². The standard InChI is InChI=1S/C19H12Cl2N4O/c20-13-2-1-3-15(10-13)25-19(26)24-14-6-4-12(5-7-14)18-16(11-22)17(21)8-9-23-18/h1-10H,(H2,24,25,26). The molecule has 0 atom stereocenters. The van der Waals surface area contributed by atoms with Gasteiger partial charge in [-0.05, 0) is 36.4 Å². The number of urea groups is 1. The Labute approximate surface area is 160 Å². The summed E-state index contributed by atoms with van der Waals surface area (Å²) in [4.78, 5) is 16.3. The summed E-state index contributed by atoms with van der Waals surface area (Å²) in [6.45, 7) is 0. The monoisotopic (exact) mass is 382 g/mol. The minimum absolute atomic E-state index is 0.313. The van der Waals surface area contributed by atoms with E-state index in [4.69, 9.17) is 23.2 Å². The van der Waals surface area contributed by atoms with E-state index in [1.807, 2.05) is 0 Å². The topological polar surface area (TPSA) is 77.8 Å². The molecule has 0 unspecified atom stereocenters. The molecule has 5 nitrogen and oxygen atoms in total. The molecule has 0 aliphatic heterocycles. The Morgan fingerprint density at radius 3 is 2.42 bits per heavy atom. The summed E-state index contributed by atoms with van der Waals surface area (Å²) in [7, 11) is 0. The van der Waals surface area contributed by atoms with E-state index >= 15 is 0 Å². The molecule has 3 aromatic rings. The number of anilines is 2. The van der Waals surface area contributed by atoms with Gasteiger partial charge in [-0.3, -0.25) is 4.98 Å². The molecule has 0 spiro atoms. The number of nitrogens with zero attached hydrogens (tertiary/aromatic N) is 2. The first-order valence-corrected chi connectivity index (χ1v) is 8.31. The number of nitriles is 1. The molecule has 3 rings (SSSR count). The fourth-order valence-electron chi connectivity index (χ4n) is 2.33. The van der Waals surface area contributed by atoms with Crippen LogP contribution in [-0.4, -0.2) is 11.0 Å². The number of carbonyl (C=O) groups is 1. The van der Waals surface area contributed by atoms with Gasteiger partial charge in [0, 0.05) is 28.2 Å². The van der Waals surface area contributed by atoms with Crippen LogP contribution in [0.2, 0.25) is 10.0 Å². The van der Waals surface area contributed by atoms with Crippen molar-refractivity contribution in [2.75, 3.05) is 10.6 Å². The van der Waals surface area contributed by atoms with Gasteiger partial charge < -0.3 is 10.6 Å². The van der Waals surface area contributed by atoms with Crippen LogP contribution in [0, 0.1) is 11.3 Å². The first-order chi connectivity index (χ1) is 12.6. The lowest BCUT2D eigenvalue weighted by Gasteiger charge is -2.09. The van der Waals surface area contributed by atoms with Gasteiger partial charge in [-0.1, -0.05) is 41.4 Å². The maximum Gasteiger partial charge on any atom is 0.323 e. The summed E-state index contributed by atoms with van der Waals surface area (Å²) in [6, 6.07) is 17.1.